The number of likely N-dealkylation sites (tertiary alicyclic amines) is 1. The van der Waals surface area contributed by atoms with Crippen molar-refractivity contribution < 1.29 is 5.11 Å². The van der Waals surface area contributed by atoms with E-state index >= 15 is 0 Å². The number of hydrogen-bond acceptors (Lipinski definition) is 3. The molecule has 1 saturated carbocycles. The van der Waals surface area contributed by atoms with E-state index in [0.717, 1.165) is 37.6 Å². The SMILES string of the molecule is OC(CC1CCCC1)CN1CCC(c2c[nH]c3ncccc23)CC1. The van der Waals surface area contributed by atoms with Gasteiger partial charge in [0.25, 0.3) is 0 Å². The van der Waals surface area contributed by atoms with Crippen molar-refractivity contribution in [2.75, 3.05) is 19.6 Å². The number of aromatic amines is 1. The maximum absolute atomic E-state index is 10.4. The highest BCUT2D eigenvalue weighted by Gasteiger charge is 2.25. The van der Waals surface area contributed by atoms with Crippen molar-refractivity contribution in [2.24, 2.45) is 5.92 Å². The molecule has 3 heterocycles. The van der Waals surface area contributed by atoms with Gasteiger partial charge in [0, 0.05) is 24.3 Å². The van der Waals surface area contributed by atoms with Crippen LogP contribution >= 0.6 is 0 Å². The van der Waals surface area contributed by atoms with Gasteiger partial charge in [0.15, 0.2) is 0 Å². The van der Waals surface area contributed by atoms with Crippen LogP contribution in [0.15, 0.2) is 24.5 Å². The monoisotopic (exact) mass is 327 g/mol. The lowest BCUT2D eigenvalue weighted by Crippen LogP contribution is -2.38. The first-order valence-corrected chi connectivity index (χ1v) is 9.62. The van der Waals surface area contributed by atoms with E-state index in [1.54, 1.807) is 0 Å². The molecule has 2 aromatic rings. The zero-order valence-corrected chi connectivity index (χ0v) is 14.5. The fourth-order valence-corrected chi connectivity index (χ4v) is 4.74. The third kappa shape index (κ3) is 3.50. The number of β-amino-alcohol motifs (C(OH)–C–C–N with tert-alkyl or cyclic N) is 1. The molecular weight excluding hydrogens is 298 g/mol. The minimum atomic E-state index is -0.137. The van der Waals surface area contributed by atoms with Crippen LogP contribution in [0.4, 0.5) is 0 Å². The summed E-state index contributed by atoms with van der Waals surface area (Å²) in [6.07, 6.45) is 12.6. The first kappa shape index (κ1) is 16.1. The molecule has 2 fully saturated rings. The summed E-state index contributed by atoms with van der Waals surface area (Å²) in [7, 11) is 0. The second kappa shape index (κ2) is 7.24. The number of aliphatic hydroxyl groups excluding tert-OH is 1. The van der Waals surface area contributed by atoms with Crippen LogP contribution in [-0.4, -0.2) is 45.7 Å². The quantitative estimate of drug-likeness (QED) is 0.881. The summed E-state index contributed by atoms with van der Waals surface area (Å²) < 4.78 is 0. The molecule has 1 aliphatic heterocycles. The molecule has 0 bridgehead atoms. The molecule has 0 amide bonds. The smallest absolute Gasteiger partial charge is 0.137 e. The second-order valence-electron chi connectivity index (χ2n) is 7.76. The van der Waals surface area contributed by atoms with E-state index in [2.05, 4.69) is 27.1 Å². The summed E-state index contributed by atoms with van der Waals surface area (Å²) in [6.45, 7) is 3.05. The van der Waals surface area contributed by atoms with Gasteiger partial charge in [-0.15, -0.1) is 0 Å². The Bertz CT molecular complexity index is 654. The molecule has 2 aliphatic rings. The zero-order valence-electron chi connectivity index (χ0n) is 14.5. The number of rotatable bonds is 5. The Morgan fingerprint density at radius 2 is 2.00 bits per heavy atom. The van der Waals surface area contributed by atoms with E-state index in [4.69, 9.17) is 0 Å². The van der Waals surface area contributed by atoms with E-state index < -0.39 is 0 Å². The highest BCUT2D eigenvalue weighted by molar-refractivity contribution is 5.80. The largest absolute Gasteiger partial charge is 0.392 e. The molecule has 24 heavy (non-hydrogen) atoms. The first-order chi connectivity index (χ1) is 11.8. The van der Waals surface area contributed by atoms with Crippen molar-refractivity contribution in [3.05, 3.63) is 30.1 Å². The maximum Gasteiger partial charge on any atom is 0.137 e. The Kier molecular flexibility index (Phi) is 4.86. The minimum Gasteiger partial charge on any atom is -0.392 e. The number of aliphatic hydroxyl groups is 1. The average molecular weight is 327 g/mol. The van der Waals surface area contributed by atoms with Crippen LogP contribution in [0.1, 0.15) is 56.4 Å². The number of nitrogens with zero attached hydrogens (tertiary/aromatic N) is 2. The molecule has 130 valence electrons. The van der Waals surface area contributed by atoms with Gasteiger partial charge in [-0.2, -0.15) is 0 Å². The molecule has 1 atom stereocenters. The second-order valence-corrected chi connectivity index (χ2v) is 7.76. The van der Waals surface area contributed by atoms with Crippen LogP contribution in [0.2, 0.25) is 0 Å². The van der Waals surface area contributed by atoms with E-state index in [9.17, 15) is 5.11 Å². The highest BCUT2D eigenvalue weighted by Crippen LogP contribution is 2.33. The number of pyridine rings is 1. The fourth-order valence-electron chi connectivity index (χ4n) is 4.74. The molecule has 0 spiro atoms. The molecule has 0 aromatic carbocycles. The first-order valence-electron chi connectivity index (χ1n) is 9.62. The van der Waals surface area contributed by atoms with E-state index in [-0.39, 0.29) is 6.10 Å². The number of H-pyrrole nitrogens is 1. The molecule has 4 heteroatoms. The molecule has 4 nitrogen and oxygen atoms in total. The van der Waals surface area contributed by atoms with Crippen molar-refractivity contribution in [3.63, 3.8) is 0 Å². The van der Waals surface area contributed by atoms with Crippen molar-refractivity contribution in [1.82, 2.24) is 14.9 Å². The molecule has 1 aliphatic carbocycles. The summed E-state index contributed by atoms with van der Waals surface area (Å²) in [4.78, 5) is 10.2. The lowest BCUT2D eigenvalue weighted by atomic mass is 9.89. The Morgan fingerprint density at radius 1 is 1.21 bits per heavy atom. The van der Waals surface area contributed by atoms with Crippen LogP contribution in [0, 0.1) is 5.92 Å². The lowest BCUT2D eigenvalue weighted by Gasteiger charge is -2.33. The number of fused-ring (bicyclic) bond motifs is 1. The van der Waals surface area contributed by atoms with Gasteiger partial charge in [-0.25, -0.2) is 4.98 Å². The Labute approximate surface area is 144 Å². The topological polar surface area (TPSA) is 52.1 Å². The summed E-state index contributed by atoms with van der Waals surface area (Å²) in [5.41, 5.74) is 2.42. The third-order valence-electron chi connectivity index (χ3n) is 6.06. The van der Waals surface area contributed by atoms with Crippen LogP contribution in [0.3, 0.4) is 0 Å². The minimum absolute atomic E-state index is 0.137. The molecule has 0 radical (unpaired) electrons. The Balaban J connectivity index is 1.30. The summed E-state index contributed by atoms with van der Waals surface area (Å²) in [6, 6.07) is 4.19. The number of aromatic nitrogens is 2. The molecule has 1 saturated heterocycles. The Hall–Kier alpha value is -1.39. The normalized spacial score (nSPS) is 22.4. The van der Waals surface area contributed by atoms with Crippen LogP contribution in [-0.2, 0) is 0 Å². The van der Waals surface area contributed by atoms with Gasteiger partial charge < -0.3 is 15.0 Å². The summed E-state index contributed by atoms with van der Waals surface area (Å²) in [5, 5.41) is 11.7. The number of piperidine rings is 1. The predicted molar refractivity (Wildman–Crippen MR) is 97.1 cm³/mol. The van der Waals surface area contributed by atoms with Crippen LogP contribution < -0.4 is 0 Å². The van der Waals surface area contributed by atoms with Gasteiger partial charge in [0.1, 0.15) is 5.65 Å². The van der Waals surface area contributed by atoms with Crippen LogP contribution in [0.25, 0.3) is 11.0 Å². The molecule has 1 unspecified atom stereocenters. The highest BCUT2D eigenvalue weighted by atomic mass is 16.3. The van der Waals surface area contributed by atoms with Crippen molar-refractivity contribution in [3.8, 4) is 0 Å². The van der Waals surface area contributed by atoms with Crippen molar-refractivity contribution in [2.45, 2.75) is 57.0 Å². The molecule has 2 aromatic heterocycles. The Morgan fingerprint density at radius 3 is 2.79 bits per heavy atom. The summed E-state index contributed by atoms with van der Waals surface area (Å²) in [5.74, 6) is 1.39. The third-order valence-corrected chi connectivity index (χ3v) is 6.06. The maximum atomic E-state index is 10.4. The van der Waals surface area contributed by atoms with Gasteiger partial charge in [-0.3, -0.25) is 0 Å². The van der Waals surface area contributed by atoms with Gasteiger partial charge in [0.05, 0.1) is 6.10 Å². The van der Waals surface area contributed by atoms with Crippen molar-refractivity contribution in [1.29, 1.82) is 0 Å². The van der Waals surface area contributed by atoms with Gasteiger partial charge in [-0.05, 0) is 61.9 Å². The molecule has 4 rings (SSSR count). The van der Waals surface area contributed by atoms with Gasteiger partial charge >= 0.3 is 0 Å². The number of hydrogen-bond donors (Lipinski definition) is 2. The van der Waals surface area contributed by atoms with Gasteiger partial charge in [-0.1, -0.05) is 25.7 Å². The van der Waals surface area contributed by atoms with E-state index in [1.165, 1.54) is 49.5 Å². The van der Waals surface area contributed by atoms with Crippen LogP contribution in [0.5, 0.6) is 0 Å². The predicted octanol–water partition coefficient (Wildman–Crippen LogP) is 3.68. The van der Waals surface area contributed by atoms with Crippen molar-refractivity contribution >= 4 is 11.0 Å². The van der Waals surface area contributed by atoms with E-state index in [0.29, 0.717) is 5.92 Å². The standard InChI is InChI=1S/C20H29N3O/c24-17(12-15-4-1-2-5-15)14-23-10-7-16(8-11-23)19-13-22-20-18(19)6-3-9-21-20/h3,6,9,13,15-17,24H,1-2,4-5,7-8,10-12,14H2,(H,21,22). The number of nitrogens with one attached hydrogen (secondary N) is 1. The van der Waals surface area contributed by atoms with Gasteiger partial charge in [0.2, 0.25) is 0 Å². The van der Waals surface area contributed by atoms with E-state index in [1.807, 2.05) is 12.3 Å². The molecular formula is C20H29N3O. The summed E-state index contributed by atoms with van der Waals surface area (Å²) >= 11 is 0. The molecule has 2 N–H and O–H groups in total. The average Bonchev–Trinajstić information content (AvgIpc) is 3.25. The lowest BCUT2D eigenvalue weighted by molar-refractivity contribution is 0.0792. The zero-order chi connectivity index (χ0) is 16.4. The fraction of sp³-hybridized carbons (Fsp3) is 0.650.